The molecule has 0 saturated carbocycles. The molecule has 0 amide bonds. The summed E-state index contributed by atoms with van der Waals surface area (Å²) in [5, 5.41) is 0. The summed E-state index contributed by atoms with van der Waals surface area (Å²) in [7, 11) is 0. The van der Waals surface area contributed by atoms with E-state index in [9.17, 15) is 9.59 Å². The summed E-state index contributed by atoms with van der Waals surface area (Å²) in [5.41, 5.74) is 6.99. The summed E-state index contributed by atoms with van der Waals surface area (Å²) in [4.78, 5) is 34.8. The molecule has 0 aliphatic carbocycles. The van der Waals surface area contributed by atoms with Crippen molar-refractivity contribution in [1.82, 2.24) is 19.5 Å². The molecule has 0 aliphatic heterocycles. The van der Waals surface area contributed by atoms with Crippen LogP contribution in [0.3, 0.4) is 0 Å². The lowest BCUT2D eigenvalue weighted by Crippen LogP contribution is -2.18. The highest BCUT2D eigenvalue weighted by molar-refractivity contribution is 5.89. The summed E-state index contributed by atoms with van der Waals surface area (Å²) in [5.74, 6) is -0.445. The van der Waals surface area contributed by atoms with Crippen molar-refractivity contribution in [2.24, 2.45) is 0 Å². The zero-order chi connectivity index (χ0) is 20.9. The number of carbonyl (C=O) groups is 1. The van der Waals surface area contributed by atoms with Crippen molar-refractivity contribution in [3.05, 3.63) is 88.5 Å². The van der Waals surface area contributed by atoms with Gasteiger partial charge in [0, 0.05) is 0 Å². The lowest BCUT2D eigenvalue weighted by atomic mass is 10.1. The Balaban J connectivity index is 1.51. The molecule has 0 aliphatic rings. The molecular weight excluding hydrogens is 386 g/mol. The summed E-state index contributed by atoms with van der Waals surface area (Å²) < 4.78 is 13.0. The van der Waals surface area contributed by atoms with Crippen LogP contribution in [-0.2, 0) is 16.2 Å². The second kappa shape index (κ2) is 8.58. The predicted octanol–water partition coefficient (Wildman–Crippen LogP) is 2.27. The fraction of sp³-hybridized carbons (Fsp3) is 0.143. The summed E-state index contributed by atoms with van der Waals surface area (Å²) >= 11 is 0. The van der Waals surface area contributed by atoms with Crippen molar-refractivity contribution in [3.8, 4) is 0 Å². The minimum absolute atomic E-state index is 0.00866. The number of nitrogens with zero attached hydrogens (tertiary/aromatic N) is 3. The Morgan fingerprint density at radius 2 is 1.80 bits per heavy atom. The van der Waals surface area contributed by atoms with Crippen LogP contribution in [0.5, 0.6) is 0 Å². The van der Waals surface area contributed by atoms with Crippen LogP contribution in [-0.4, -0.2) is 32.1 Å². The van der Waals surface area contributed by atoms with Crippen LogP contribution in [0.1, 0.15) is 22.0 Å². The maximum absolute atomic E-state index is 12.3. The minimum atomic E-state index is -0.532. The molecule has 1 atom stereocenters. The topological polar surface area (TPSA) is 125 Å². The van der Waals surface area contributed by atoms with Crippen molar-refractivity contribution in [2.75, 3.05) is 12.3 Å². The van der Waals surface area contributed by atoms with Crippen LogP contribution in [0, 0.1) is 0 Å². The molecule has 0 saturated heterocycles. The Bertz CT molecular complexity index is 1200. The quantitative estimate of drug-likeness (QED) is 0.452. The number of aromatic nitrogens is 4. The third-order valence-electron chi connectivity index (χ3n) is 4.45. The number of hydrogen-bond donors (Lipinski definition) is 2. The van der Waals surface area contributed by atoms with E-state index in [2.05, 4.69) is 15.0 Å². The number of nitrogens with one attached hydrogen (secondary N) is 1. The lowest BCUT2D eigenvalue weighted by Gasteiger charge is -2.19. The first kappa shape index (κ1) is 19.3. The second-order valence-corrected chi connectivity index (χ2v) is 6.50. The Morgan fingerprint density at radius 3 is 2.53 bits per heavy atom. The molecule has 0 bridgehead atoms. The molecule has 0 fully saturated rings. The molecule has 30 heavy (non-hydrogen) atoms. The highest BCUT2D eigenvalue weighted by Crippen LogP contribution is 2.20. The molecule has 2 aromatic carbocycles. The molecule has 0 spiro atoms. The molecule has 4 aromatic rings. The van der Waals surface area contributed by atoms with E-state index in [-0.39, 0.29) is 24.8 Å². The number of nitrogens with two attached hydrogens (primary N) is 1. The van der Waals surface area contributed by atoms with E-state index in [0.717, 1.165) is 5.56 Å². The van der Waals surface area contributed by atoms with E-state index in [1.807, 2.05) is 36.4 Å². The van der Waals surface area contributed by atoms with Gasteiger partial charge in [-0.1, -0.05) is 48.5 Å². The van der Waals surface area contributed by atoms with Gasteiger partial charge in [0.1, 0.15) is 19.4 Å². The van der Waals surface area contributed by atoms with Crippen LogP contribution >= 0.6 is 0 Å². The van der Waals surface area contributed by atoms with E-state index in [1.54, 1.807) is 28.8 Å². The van der Waals surface area contributed by atoms with E-state index >= 15 is 0 Å². The first-order valence-corrected chi connectivity index (χ1v) is 9.21. The van der Waals surface area contributed by atoms with Gasteiger partial charge in [0.05, 0.1) is 11.9 Å². The maximum Gasteiger partial charge on any atom is 0.338 e. The van der Waals surface area contributed by atoms with Crippen molar-refractivity contribution in [1.29, 1.82) is 0 Å². The summed E-state index contributed by atoms with van der Waals surface area (Å²) in [6, 6.07) is 18.1. The standard InChI is InChI=1S/C21H19N5O4/c22-21-24-18-17(19(27)25-21)23-12-26(18)13-30-16(14-7-3-1-4-8-14)11-29-20(28)15-9-5-2-6-10-15/h1-10,12,16H,11,13H2,(H3,22,24,25,27). The third kappa shape index (κ3) is 4.20. The van der Waals surface area contributed by atoms with Gasteiger partial charge in [0.15, 0.2) is 11.2 Å². The van der Waals surface area contributed by atoms with Crippen LogP contribution in [0.15, 0.2) is 71.8 Å². The molecule has 9 nitrogen and oxygen atoms in total. The smallest absolute Gasteiger partial charge is 0.338 e. The fourth-order valence-corrected chi connectivity index (χ4v) is 2.95. The van der Waals surface area contributed by atoms with Gasteiger partial charge in [-0.05, 0) is 17.7 Å². The largest absolute Gasteiger partial charge is 0.459 e. The first-order chi connectivity index (χ1) is 14.6. The number of imidazole rings is 1. The van der Waals surface area contributed by atoms with Gasteiger partial charge in [0.2, 0.25) is 5.95 Å². The number of aromatic amines is 1. The molecule has 0 radical (unpaired) electrons. The molecule has 1 unspecified atom stereocenters. The Hall–Kier alpha value is -3.98. The molecule has 2 aromatic heterocycles. The maximum atomic E-state index is 12.3. The monoisotopic (exact) mass is 405 g/mol. The summed E-state index contributed by atoms with van der Waals surface area (Å²) in [6.45, 7) is 0.0510. The number of ether oxygens (including phenoxy) is 2. The lowest BCUT2D eigenvalue weighted by molar-refractivity contribution is -0.0353. The zero-order valence-corrected chi connectivity index (χ0v) is 15.9. The van der Waals surface area contributed by atoms with Gasteiger partial charge in [-0.2, -0.15) is 4.98 Å². The van der Waals surface area contributed by atoms with E-state index in [0.29, 0.717) is 11.2 Å². The molecule has 152 valence electrons. The van der Waals surface area contributed by atoms with Gasteiger partial charge < -0.3 is 15.2 Å². The molecule has 9 heteroatoms. The first-order valence-electron chi connectivity index (χ1n) is 9.21. The number of nitrogen functional groups attached to an aromatic ring is 1. The van der Waals surface area contributed by atoms with Crippen molar-refractivity contribution < 1.29 is 14.3 Å². The van der Waals surface area contributed by atoms with E-state index < -0.39 is 17.6 Å². The molecule has 4 rings (SSSR count). The highest BCUT2D eigenvalue weighted by Gasteiger charge is 2.17. The normalized spacial score (nSPS) is 12.0. The van der Waals surface area contributed by atoms with Crippen molar-refractivity contribution >= 4 is 23.1 Å². The van der Waals surface area contributed by atoms with E-state index in [4.69, 9.17) is 15.2 Å². The van der Waals surface area contributed by atoms with Crippen molar-refractivity contribution in [3.63, 3.8) is 0 Å². The molecule has 2 heterocycles. The highest BCUT2D eigenvalue weighted by atomic mass is 16.6. The van der Waals surface area contributed by atoms with Crippen LogP contribution in [0.4, 0.5) is 5.95 Å². The average molecular weight is 405 g/mol. The van der Waals surface area contributed by atoms with Crippen LogP contribution in [0.25, 0.3) is 11.2 Å². The van der Waals surface area contributed by atoms with Gasteiger partial charge in [-0.25, -0.2) is 9.78 Å². The van der Waals surface area contributed by atoms with Crippen LogP contribution in [0.2, 0.25) is 0 Å². The Kier molecular flexibility index (Phi) is 5.53. The fourth-order valence-electron chi connectivity index (χ4n) is 2.95. The average Bonchev–Trinajstić information content (AvgIpc) is 3.18. The number of esters is 1. The number of benzene rings is 2. The van der Waals surface area contributed by atoms with Gasteiger partial charge in [0.25, 0.3) is 5.56 Å². The number of anilines is 1. The number of hydrogen-bond acceptors (Lipinski definition) is 7. The predicted molar refractivity (Wildman–Crippen MR) is 110 cm³/mol. The SMILES string of the molecule is Nc1nc2c(ncn2COC(COC(=O)c2ccccc2)c2ccccc2)c(=O)[nH]1. The number of fused-ring (bicyclic) bond motifs is 1. The number of rotatable bonds is 7. The Labute approximate surface area is 171 Å². The third-order valence-corrected chi connectivity index (χ3v) is 4.45. The van der Waals surface area contributed by atoms with Gasteiger partial charge in [-0.15, -0.1) is 0 Å². The molecule has 3 N–H and O–H groups in total. The molecular formula is C21H19N5O4. The number of H-pyrrole nitrogens is 1. The minimum Gasteiger partial charge on any atom is -0.459 e. The van der Waals surface area contributed by atoms with Crippen molar-refractivity contribution in [2.45, 2.75) is 12.8 Å². The van der Waals surface area contributed by atoms with Crippen LogP contribution < -0.4 is 11.3 Å². The second-order valence-electron chi connectivity index (χ2n) is 6.50. The summed E-state index contributed by atoms with van der Waals surface area (Å²) in [6.07, 6.45) is 0.917. The zero-order valence-electron chi connectivity index (χ0n) is 15.9. The Morgan fingerprint density at radius 1 is 1.10 bits per heavy atom. The van der Waals surface area contributed by atoms with E-state index in [1.165, 1.54) is 6.33 Å². The van der Waals surface area contributed by atoms with Gasteiger partial charge >= 0.3 is 5.97 Å². The number of carbonyl (C=O) groups excluding carboxylic acids is 1. The van der Waals surface area contributed by atoms with Gasteiger partial charge in [-0.3, -0.25) is 14.3 Å².